The van der Waals surface area contributed by atoms with Crippen LogP contribution in [0.25, 0.3) is 0 Å². The molecule has 0 aromatic carbocycles. The van der Waals surface area contributed by atoms with E-state index in [0.29, 0.717) is 6.04 Å². The molecule has 0 amide bonds. The van der Waals surface area contributed by atoms with Gasteiger partial charge in [0, 0.05) is 12.6 Å². The number of piperidine rings is 1. The lowest BCUT2D eigenvalue weighted by Gasteiger charge is -2.26. The smallest absolute Gasteiger partial charge is 0.0322 e. The van der Waals surface area contributed by atoms with Crippen LogP contribution < -0.4 is 0 Å². The standard InChI is InChI=1S/C6H13NO/c1-6-4-2-3-5-7(6)8/h6,8H,2-5H2,1H3. The van der Waals surface area contributed by atoms with E-state index in [1.54, 1.807) is 0 Å². The van der Waals surface area contributed by atoms with Crippen LogP contribution in [0, 0.1) is 0 Å². The first-order chi connectivity index (χ1) is 3.80. The van der Waals surface area contributed by atoms with Crippen molar-refractivity contribution in [3.8, 4) is 0 Å². The second-order valence-electron chi connectivity index (χ2n) is 2.51. The highest BCUT2D eigenvalue weighted by Gasteiger charge is 2.14. The Hall–Kier alpha value is -0.0800. The molecule has 1 rings (SSSR count). The first-order valence-corrected chi connectivity index (χ1v) is 3.26. The van der Waals surface area contributed by atoms with Crippen molar-refractivity contribution in [2.45, 2.75) is 32.2 Å². The zero-order chi connectivity index (χ0) is 5.98. The molecule has 1 heterocycles. The summed E-state index contributed by atoms with van der Waals surface area (Å²) in [5.41, 5.74) is 0. The summed E-state index contributed by atoms with van der Waals surface area (Å²) in [6.07, 6.45) is 3.58. The van der Waals surface area contributed by atoms with Gasteiger partial charge in [-0.3, -0.25) is 0 Å². The topological polar surface area (TPSA) is 23.5 Å². The largest absolute Gasteiger partial charge is 0.314 e. The van der Waals surface area contributed by atoms with E-state index >= 15 is 0 Å². The van der Waals surface area contributed by atoms with Crippen LogP contribution in [-0.2, 0) is 0 Å². The second kappa shape index (κ2) is 2.46. The van der Waals surface area contributed by atoms with Crippen molar-refractivity contribution in [1.82, 2.24) is 5.06 Å². The normalized spacial score (nSPS) is 33.0. The number of rotatable bonds is 0. The zero-order valence-electron chi connectivity index (χ0n) is 5.30. The van der Waals surface area contributed by atoms with Gasteiger partial charge in [0.05, 0.1) is 0 Å². The van der Waals surface area contributed by atoms with Crippen molar-refractivity contribution in [3.05, 3.63) is 0 Å². The highest BCUT2D eigenvalue weighted by Crippen LogP contribution is 2.12. The predicted octanol–water partition coefficient (Wildman–Crippen LogP) is 1.25. The van der Waals surface area contributed by atoms with E-state index < -0.39 is 0 Å². The highest BCUT2D eigenvalue weighted by molar-refractivity contribution is 4.64. The van der Waals surface area contributed by atoms with Crippen LogP contribution in [0.15, 0.2) is 0 Å². The summed E-state index contributed by atoms with van der Waals surface area (Å²) in [5.74, 6) is 0. The third-order valence-corrected chi connectivity index (χ3v) is 1.77. The van der Waals surface area contributed by atoms with Gasteiger partial charge in [-0.1, -0.05) is 6.42 Å². The Kier molecular flexibility index (Phi) is 1.86. The quantitative estimate of drug-likeness (QED) is 0.513. The van der Waals surface area contributed by atoms with Crippen molar-refractivity contribution in [2.24, 2.45) is 0 Å². The third kappa shape index (κ3) is 1.20. The van der Waals surface area contributed by atoms with Crippen LogP contribution in [0.5, 0.6) is 0 Å². The summed E-state index contributed by atoms with van der Waals surface area (Å²) < 4.78 is 0. The van der Waals surface area contributed by atoms with Crippen LogP contribution in [0.2, 0.25) is 0 Å². The third-order valence-electron chi connectivity index (χ3n) is 1.77. The van der Waals surface area contributed by atoms with E-state index in [2.05, 4.69) is 6.92 Å². The van der Waals surface area contributed by atoms with Crippen molar-refractivity contribution in [1.29, 1.82) is 0 Å². The van der Waals surface area contributed by atoms with E-state index in [0.717, 1.165) is 19.4 Å². The van der Waals surface area contributed by atoms with Gasteiger partial charge in [-0.25, -0.2) is 0 Å². The van der Waals surface area contributed by atoms with Crippen molar-refractivity contribution in [3.63, 3.8) is 0 Å². The fraction of sp³-hybridized carbons (Fsp3) is 1.00. The molecule has 2 heteroatoms. The van der Waals surface area contributed by atoms with Crippen LogP contribution in [0.1, 0.15) is 26.2 Å². The maximum Gasteiger partial charge on any atom is 0.0322 e. The predicted molar refractivity (Wildman–Crippen MR) is 31.8 cm³/mol. The van der Waals surface area contributed by atoms with Crippen LogP contribution in [-0.4, -0.2) is 22.9 Å². The summed E-state index contributed by atoms with van der Waals surface area (Å²) >= 11 is 0. The van der Waals surface area contributed by atoms with E-state index in [-0.39, 0.29) is 0 Å². The maximum atomic E-state index is 9.01. The monoisotopic (exact) mass is 115 g/mol. The summed E-state index contributed by atoms with van der Waals surface area (Å²) in [5, 5.41) is 10.4. The molecule has 1 saturated heterocycles. The van der Waals surface area contributed by atoms with Gasteiger partial charge in [-0.05, 0) is 19.8 Å². The Morgan fingerprint density at radius 2 is 2.25 bits per heavy atom. The Bertz CT molecular complexity index is 64.9. The molecule has 1 atom stereocenters. The van der Waals surface area contributed by atoms with Crippen molar-refractivity contribution >= 4 is 0 Å². The highest BCUT2D eigenvalue weighted by atomic mass is 16.5. The molecule has 0 spiro atoms. The van der Waals surface area contributed by atoms with Gasteiger partial charge < -0.3 is 5.21 Å². The minimum Gasteiger partial charge on any atom is -0.314 e. The molecule has 0 bridgehead atoms. The molecular weight excluding hydrogens is 102 g/mol. The molecule has 0 aromatic heterocycles. The second-order valence-corrected chi connectivity index (χ2v) is 2.51. The molecule has 48 valence electrons. The summed E-state index contributed by atoms with van der Waals surface area (Å²) in [7, 11) is 0. The number of nitrogens with zero attached hydrogens (tertiary/aromatic N) is 1. The van der Waals surface area contributed by atoms with Crippen LogP contribution >= 0.6 is 0 Å². The minimum absolute atomic E-state index is 0.392. The molecule has 0 radical (unpaired) electrons. The van der Waals surface area contributed by atoms with Gasteiger partial charge >= 0.3 is 0 Å². The Morgan fingerprint density at radius 3 is 2.62 bits per heavy atom. The molecule has 1 unspecified atom stereocenters. The van der Waals surface area contributed by atoms with Gasteiger partial charge in [-0.15, -0.1) is 0 Å². The van der Waals surface area contributed by atoms with E-state index in [1.165, 1.54) is 11.5 Å². The lowest BCUT2D eigenvalue weighted by molar-refractivity contribution is -0.136. The number of hydrogen-bond donors (Lipinski definition) is 1. The van der Waals surface area contributed by atoms with Crippen LogP contribution in [0.3, 0.4) is 0 Å². The lowest BCUT2D eigenvalue weighted by Crippen LogP contribution is -2.34. The molecule has 0 saturated carbocycles. The molecular formula is C6H13NO. The Morgan fingerprint density at radius 1 is 1.50 bits per heavy atom. The first kappa shape index (κ1) is 6.05. The van der Waals surface area contributed by atoms with Gasteiger partial charge in [0.25, 0.3) is 0 Å². The molecule has 1 aliphatic heterocycles. The summed E-state index contributed by atoms with van der Waals surface area (Å²) in [6, 6.07) is 0.392. The first-order valence-electron chi connectivity index (χ1n) is 3.26. The fourth-order valence-corrected chi connectivity index (χ4v) is 1.08. The van der Waals surface area contributed by atoms with E-state index in [4.69, 9.17) is 5.21 Å². The number of hydroxylamine groups is 2. The fourth-order valence-electron chi connectivity index (χ4n) is 1.08. The van der Waals surface area contributed by atoms with Crippen LogP contribution in [0.4, 0.5) is 0 Å². The molecule has 1 N–H and O–H groups in total. The zero-order valence-corrected chi connectivity index (χ0v) is 5.30. The van der Waals surface area contributed by atoms with Gasteiger partial charge in [0.15, 0.2) is 0 Å². The SMILES string of the molecule is CC1CCCCN1O. The van der Waals surface area contributed by atoms with E-state index in [9.17, 15) is 0 Å². The van der Waals surface area contributed by atoms with Gasteiger partial charge in [-0.2, -0.15) is 5.06 Å². The summed E-state index contributed by atoms with van der Waals surface area (Å²) in [4.78, 5) is 0. The summed E-state index contributed by atoms with van der Waals surface area (Å²) in [6.45, 7) is 2.92. The molecule has 0 aromatic rings. The van der Waals surface area contributed by atoms with Gasteiger partial charge in [0.1, 0.15) is 0 Å². The Balaban J connectivity index is 2.28. The molecule has 2 nitrogen and oxygen atoms in total. The average molecular weight is 115 g/mol. The Labute approximate surface area is 50.1 Å². The average Bonchev–Trinajstić information content (AvgIpc) is 1.77. The molecule has 1 fully saturated rings. The lowest BCUT2D eigenvalue weighted by atomic mass is 10.1. The van der Waals surface area contributed by atoms with E-state index in [1.807, 2.05) is 0 Å². The minimum atomic E-state index is 0.392. The van der Waals surface area contributed by atoms with Crippen molar-refractivity contribution < 1.29 is 5.21 Å². The molecule has 8 heavy (non-hydrogen) atoms. The number of hydrogen-bond acceptors (Lipinski definition) is 2. The maximum absolute atomic E-state index is 9.01. The molecule has 0 aliphatic carbocycles. The van der Waals surface area contributed by atoms with Crippen molar-refractivity contribution in [2.75, 3.05) is 6.54 Å². The molecule has 1 aliphatic rings. The van der Waals surface area contributed by atoms with Gasteiger partial charge in [0.2, 0.25) is 0 Å².